The Morgan fingerprint density at radius 3 is 2.47 bits per heavy atom. The number of aryl methyl sites for hydroxylation is 2. The Morgan fingerprint density at radius 1 is 1.26 bits per heavy atom. The number of carboxylic acids is 1. The summed E-state index contributed by atoms with van der Waals surface area (Å²) in [6.45, 7) is 4.54. The molecule has 1 N–H and O–H groups in total. The normalized spacial score (nSPS) is 14.4. The van der Waals surface area contributed by atoms with Crippen molar-refractivity contribution in [3.8, 4) is 0 Å². The lowest BCUT2D eigenvalue weighted by molar-refractivity contribution is -0.136. The van der Waals surface area contributed by atoms with Crippen LogP contribution in [0.3, 0.4) is 0 Å². The van der Waals surface area contributed by atoms with Crippen LogP contribution in [-0.4, -0.2) is 38.8 Å². The molecule has 1 heterocycles. The number of carbonyl (C=O) groups is 1. The van der Waals surface area contributed by atoms with E-state index >= 15 is 0 Å². The minimum atomic E-state index is -0.792. The highest BCUT2D eigenvalue weighted by Gasteiger charge is 2.31. The second-order valence-electron chi connectivity index (χ2n) is 4.78. The second-order valence-corrected chi connectivity index (χ2v) is 4.78. The van der Waals surface area contributed by atoms with E-state index in [0.29, 0.717) is 18.5 Å². The van der Waals surface area contributed by atoms with Crippen LogP contribution in [0.1, 0.15) is 44.5 Å². The molecule has 0 aromatic carbocycles. The van der Waals surface area contributed by atoms with E-state index in [4.69, 9.17) is 5.11 Å². The first-order valence-corrected chi connectivity index (χ1v) is 6.86. The minimum absolute atomic E-state index is 0.108. The third-order valence-electron chi connectivity index (χ3n) is 3.31. The summed E-state index contributed by atoms with van der Waals surface area (Å²) in [5.74, 6) is -0.211. The van der Waals surface area contributed by atoms with Gasteiger partial charge in [0.05, 0.1) is 17.8 Å². The van der Waals surface area contributed by atoms with Crippen LogP contribution in [0.2, 0.25) is 0 Å². The van der Waals surface area contributed by atoms with Gasteiger partial charge >= 0.3 is 5.97 Å². The van der Waals surface area contributed by atoms with E-state index in [1.807, 2.05) is 18.7 Å². The lowest BCUT2D eigenvalue weighted by atomic mass is 10.2. The molecule has 0 unspecified atom stereocenters. The van der Waals surface area contributed by atoms with E-state index in [9.17, 15) is 4.79 Å². The Morgan fingerprint density at radius 2 is 1.95 bits per heavy atom. The highest BCUT2D eigenvalue weighted by Crippen LogP contribution is 2.29. The Bertz CT molecular complexity index is 460. The SMILES string of the molecule is CCc1nnc(N(CCC(=O)O)C2CC2)nc1CC. The minimum Gasteiger partial charge on any atom is -0.481 e. The van der Waals surface area contributed by atoms with E-state index in [0.717, 1.165) is 37.1 Å². The van der Waals surface area contributed by atoms with Gasteiger partial charge in [-0.25, -0.2) is 4.98 Å². The molecule has 0 aliphatic heterocycles. The molecular formula is C13H20N4O2. The fourth-order valence-corrected chi connectivity index (χ4v) is 2.10. The van der Waals surface area contributed by atoms with Crippen molar-refractivity contribution in [2.24, 2.45) is 0 Å². The molecule has 19 heavy (non-hydrogen) atoms. The van der Waals surface area contributed by atoms with Crippen LogP contribution in [0.25, 0.3) is 0 Å². The summed E-state index contributed by atoms with van der Waals surface area (Å²) in [5.41, 5.74) is 1.90. The van der Waals surface area contributed by atoms with Crippen molar-refractivity contribution in [2.75, 3.05) is 11.4 Å². The number of nitrogens with zero attached hydrogens (tertiary/aromatic N) is 4. The fraction of sp³-hybridized carbons (Fsp3) is 0.692. The quantitative estimate of drug-likeness (QED) is 0.802. The molecule has 2 rings (SSSR count). The second kappa shape index (κ2) is 5.95. The van der Waals surface area contributed by atoms with Crippen LogP contribution in [0.15, 0.2) is 0 Å². The predicted octanol–water partition coefficient (Wildman–Crippen LogP) is 1.44. The summed E-state index contributed by atoms with van der Waals surface area (Å²) in [6.07, 6.45) is 3.92. The summed E-state index contributed by atoms with van der Waals surface area (Å²) in [5, 5.41) is 17.2. The number of aliphatic carboxylic acids is 1. The molecule has 1 aromatic heterocycles. The van der Waals surface area contributed by atoms with Gasteiger partial charge in [-0.2, -0.15) is 5.10 Å². The first-order chi connectivity index (χ1) is 9.15. The van der Waals surface area contributed by atoms with Gasteiger partial charge < -0.3 is 10.0 Å². The van der Waals surface area contributed by atoms with Crippen molar-refractivity contribution in [1.82, 2.24) is 15.2 Å². The summed E-state index contributed by atoms with van der Waals surface area (Å²) in [6, 6.07) is 0.387. The highest BCUT2D eigenvalue weighted by molar-refractivity contribution is 5.67. The Balaban J connectivity index is 2.18. The van der Waals surface area contributed by atoms with Gasteiger partial charge in [0.15, 0.2) is 0 Å². The van der Waals surface area contributed by atoms with Gasteiger partial charge in [0.25, 0.3) is 0 Å². The summed E-state index contributed by atoms with van der Waals surface area (Å²) < 4.78 is 0. The average Bonchev–Trinajstić information content (AvgIpc) is 3.23. The number of carboxylic acid groups (broad SMARTS) is 1. The van der Waals surface area contributed by atoms with Crippen LogP contribution < -0.4 is 4.90 Å². The zero-order chi connectivity index (χ0) is 13.8. The van der Waals surface area contributed by atoms with E-state index < -0.39 is 5.97 Å². The van der Waals surface area contributed by atoms with Crippen molar-refractivity contribution in [1.29, 1.82) is 0 Å². The maximum absolute atomic E-state index is 10.7. The number of hydrogen-bond donors (Lipinski definition) is 1. The van der Waals surface area contributed by atoms with Gasteiger partial charge in [0, 0.05) is 12.6 Å². The molecule has 1 fully saturated rings. The van der Waals surface area contributed by atoms with Gasteiger partial charge in [-0.15, -0.1) is 5.10 Å². The first kappa shape index (κ1) is 13.7. The van der Waals surface area contributed by atoms with E-state index in [2.05, 4.69) is 15.2 Å². The number of anilines is 1. The van der Waals surface area contributed by atoms with Crippen molar-refractivity contribution < 1.29 is 9.90 Å². The van der Waals surface area contributed by atoms with Crippen LogP contribution in [0.5, 0.6) is 0 Å². The van der Waals surface area contributed by atoms with Gasteiger partial charge in [-0.3, -0.25) is 4.79 Å². The molecule has 6 heteroatoms. The zero-order valence-corrected chi connectivity index (χ0v) is 11.5. The molecule has 6 nitrogen and oxygen atoms in total. The number of hydrogen-bond acceptors (Lipinski definition) is 5. The monoisotopic (exact) mass is 264 g/mol. The summed E-state index contributed by atoms with van der Waals surface area (Å²) in [7, 11) is 0. The van der Waals surface area contributed by atoms with Crippen molar-refractivity contribution >= 4 is 11.9 Å². The first-order valence-electron chi connectivity index (χ1n) is 6.86. The van der Waals surface area contributed by atoms with Crippen LogP contribution in [0, 0.1) is 0 Å². The van der Waals surface area contributed by atoms with E-state index in [1.165, 1.54) is 0 Å². The fourth-order valence-electron chi connectivity index (χ4n) is 2.10. The van der Waals surface area contributed by atoms with Crippen LogP contribution in [0.4, 0.5) is 5.95 Å². The Labute approximate surface area is 112 Å². The predicted molar refractivity (Wildman–Crippen MR) is 71.2 cm³/mol. The standard InChI is InChI=1S/C13H20N4O2/c1-3-10-11(4-2)15-16-13(14-10)17(9-5-6-9)8-7-12(18)19/h9H,3-8H2,1-2H3,(H,18,19). The van der Waals surface area contributed by atoms with Crippen molar-refractivity contribution in [3.05, 3.63) is 11.4 Å². The zero-order valence-electron chi connectivity index (χ0n) is 11.5. The van der Waals surface area contributed by atoms with Crippen molar-refractivity contribution in [2.45, 2.75) is 52.0 Å². The molecule has 1 aliphatic carbocycles. The maximum atomic E-state index is 10.7. The third kappa shape index (κ3) is 3.39. The summed E-state index contributed by atoms with van der Waals surface area (Å²) in [4.78, 5) is 17.3. The lowest BCUT2D eigenvalue weighted by Crippen LogP contribution is -2.31. The molecule has 1 aromatic rings. The van der Waals surface area contributed by atoms with Gasteiger partial charge in [0.1, 0.15) is 0 Å². The molecule has 0 saturated heterocycles. The highest BCUT2D eigenvalue weighted by atomic mass is 16.4. The van der Waals surface area contributed by atoms with E-state index in [-0.39, 0.29) is 6.42 Å². The van der Waals surface area contributed by atoms with Gasteiger partial charge in [-0.1, -0.05) is 13.8 Å². The molecule has 0 bridgehead atoms. The largest absolute Gasteiger partial charge is 0.481 e. The molecule has 0 radical (unpaired) electrons. The van der Waals surface area contributed by atoms with E-state index in [1.54, 1.807) is 0 Å². The maximum Gasteiger partial charge on any atom is 0.305 e. The molecule has 0 spiro atoms. The third-order valence-corrected chi connectivity index (χ3v) is 3.31. The molecular weight excluding hydrogens is 244 g/mol. The molecule has 104 valence electrons. The Hall–Kier alpha value is -1.72. The topological polar surface area (TPSA) is 79.2 Å². The number of aromatic nitrogens is 3. The summed E-state index contributed by atoms with van der Waals surface area (Å²) >= 11 is 0. The average molecular weight is 264 g/mol. The van der Waals surface area contributed by atoms with Crippen LogP contribution >= 0.6 is 0 Å². The molecule has 1 aliphatic rings. The molecule has 0 atom stereocenters. The van der Waals surface area contributed by atoms with Gasteiger partial charge in [0.2, 0.25) is 5.95 Å². The van der Waals surface area contributed by atoms with Crippen molar-refractivity contribution in [3.63, 3.8) is 0 Å². The smallest absolute Gasteiger partial charge is 0.305 e. The van der Waals surface area contributed by atoms with Crippen LogP contribution in [-0.2, 0) is 17.6 Å². The molecule has 1 saturated carbocycles. The number of rotatable bonds is 7. The lowest BCUT2D eigenvalue weighted by Gasteiger charge is -2.21. The Kier molecular flexibility index (Phi) is 4.29. The molecule has 0 amide bonds. The van der Waals surface area contributed by atoms with Gasteiger partial charge in [-0.05, 0) is 25.7 Å².